The molecule has 27 heavy (non-hydrogen) atoms. The van der Waals surface area contributed by atoms with Gasteiger partial charge >= 0.3 is 5.69 Å². The fourth-order valence-electron chi connectivity index (χ4n) is 3.06. The molecule has 1 aliphatic heterocycles. The average molecular weight is 373 g/mol. The molecular formula is C19H20FN3O4. The zero-order valence-electron chi connectivity index (χ0n) is 14.9. The maximum atomic E-state index is 13.4. The molecule has 0 aliphatic carbocycles. The number of ether oxygens (including phenoxy) is 1. The highest BCUT2D eigenvalue weighted by molar-refractivity contribution is 5.81. The molecule has 7 nitrogen and oxygen atoms in total. The first-order chi connectivity index (χ1) is 13.0. The summed E-state index contributed by atoms with van der Waals surface area (Å²) in [4.78, 5) is 26.9. The fourth-order valence-corrected chi connectivity index (χ4v) is 3.06. The van der Waals surface area contributed by atoms with Crippen molar-refractivity contribution in [3.63, 3.8) is 0 Å². The Balaban J connectivity index is 1.62. The van der Waals surface area contributed by atoms with Crippen LogP contribution in [0.15, 0.2) is 48.5 Å². The number of nitro benzene ring substituents is 1. The number of nitro groups is 1. The monoisotopic (exact) mass is 373 g/mol. The number of amides is 1. The Morgan fingerprint density at radius 1 is 1.15 bits per heavy atom. The lowest BCUT2D eigenvalue weighted by Crippen LogP contribution is -2.52. The van der Waals surface area contributed by atoms with Crippen molar-refractivity contribution in [2.75, 3.05) is 31.1 Å². The number of nitrogens with zero attached hydrogens (tertiary/aromatic N) is 3. The molecule has 1 heterocycles. The molecule has 0 saturated carbocycles. The summed E-state index contributed by atoms with van der Waals surface area (Å²) in [5.41, 5.74) is 0.731. The molecule has 142 valence electrons. The van der Waals surface area contributed by atoms with Crippen LogP contribution >= 0.6 is 0 Å². The summed E-state index contributed by atoms with van der Waals surface area (Å²) < 4.78 is 18.8. The first-order valence-corrected chi connectivity index (χ1v) is 8.65. The molecule has 0 spiro atoms. The van der Waals surface area contributed by atoms with Crippen LogP contribution in [0.5, 0.6) is 5.75 Å². The van der Waals surface area contributed by atoms with Gasteiger partial charge in [-0.3, -0.25) is 14.9 Å². The van der Waals surface area contributed by atoms with Crippen LogP contribution in [0.4, 0.5) is 15.8 Å². The predicted molar refractivity (Wildman–Crippen MR) is 98.4 cm³/mol. The first-order valence-electron chi connectivity index (χ1n) is 8.65. The van der Waals surface area contributed by atoms with Gasteiger partial charge in [0, 0.05) is 44.0 Å². The van der Waals surface area contributed by atoms with Gasteiger partial charge in [0.25, 0.3) is 5.91 Å². The molecule has 0 radical (unpaired) electrons. The van der Waals surface area contributed by atoms with Crippen LogP contribution in [0, 0.1) is 15.9 Å². The van der Waals surface area contributed by atoms with Gasteiger partial charge < -0.3 is 14.5 Å². The summed E-state index contributed by atoms with van der Waals surface area (Å²) in [7, 11) is 0. The molecule has 2 aromatic rings. The lowest BCUT2D eigenvalue weighted by molar-refractivity contribution is -0.386. The number of carbonyl (C=O) groups excluding carboxylic acids is 1. The van der Waals surface area contributed by atoms with E-state index < -0.39 is 16.8 Å². The Labute approximate surface area is 156 Å². The van der Waals surface area contributed by atoms with Gasteiger partial charge in [-0.25, -0.2) is 4.39 Å². The Kier molecular flexibility index (Phi) is 5.54. The van der Waals surface area contributed by atoms with Crippen LogP contribution < -0.4 is 9.64 Å². The maximum absolute atomic E-state index is 13.4. The number of benzene rings is 2. The summed E-state index contributed by atoms with van der Waals surface area (Å²) in [5, 5.41) is 11.1. The minimum Gasteiger partial charge on any atom is -0.474 e. The summed E-state index contributed by atoms with van der Waals surface area (Å²) in [5.74, 6) is -1.18. The summed E-state index contributed by atoms with van der Waals surface area (Å²) >= 11 is 0. The topological polar surface area (TPSA) is 75.9 Å². The second kappa shape index (κ2) is 8.03. The minimum absolute atomic E-state index is 0.247. The molecule has 1 aliphatic rings. The van der Waals surface area contributed by atoms with Gasteiger partial charge in [-0.05, 0) is 25.1 Å². The van der Waals surface area contributed by atoms with E-state index in [1.54, 1.807) is 4.90 Å². The maximum Gasteiger partial charge on any atom is 0.311 e. The second-order valence-corrected chi connectivity index (χ2v) is 6.28. The van der Waals surface area contributed by atoms with E-state index in [9.17, 15) is 19.3 Å². The molecule has 1 unspecified atom stereocenters. The number of anilines is 1. The summed E-state index contributed by atoms with van der Waals surface area (Å²) in [6.07, 6.45) is -0.950. The summed E-state index contributed by atoms with van der Waals surface area (Å²) in [6, 6.07) is 12.9. The van der Waals surface area contributed by atoms with Gasteiger partial charge in [-0.15, -0.1) is 0 Å². The van der Waals surface area contributed by atoms with Crippen molar-refractivity contribution < 1.29 is 18.8 Å². The van der Waals surface area contributed by atoms with E-state index in [-0.39, 0.29) is 17.3 Å². The van der Waals surface area contributed by atoms with E-state index in [1.165, 1.54) is 6.92 Å². The molecule has 8 heteroatoms. The van der Waals surface area contributed by atoms with Gasteiger partial charge in [0.15, 0.2) is 6.10 Å². The molecule has 1 fully saturated rings. The molecule has 1 amide bonds. The largest absolute Gasteiger partial charge is 0.474 e. The molecule has 0 aromatic heterocycles. The Morgan fingerprint density at radius 2 is 1.81 bits per heavy atom. The zero-order valence-corrected chi connectivity index (χ0v) is 14.9. The van der Waals surface area contributed by atoms with E-state index in [4.69, 9.17) is 4.74 Å². The number of hydrogen-bond donors (Lipinski definition) is 0. The highest BCUT2D eigenvalue weighted by atomic mass is 19.1. The SMILES string of the molecule is CC(Oc1cc(F)ccc1[N+](=O)[O-])C(=O)N1CCN(c2ccccc2)CC1. The molecule has 1 atom stereocenters. The molecule has 2 aromatic carbocycles. The predicted octanol–water partition coefficient (Wildman–Crippen LogP) is 2.85. The van der Waals surface area contributed by atoms with Crippen molar-refractivity contribution in [2.24, 2.45) is 0 Å². The lowest BCUT2D eigenvalue weighted by Gasteiger charge is -2.37. The number of piperazine rings is 1. The van der Waals surface area contributed by atoms with Crippen molar-refractivity contribution in [3.05, 3.63) is 64.5 Å². The van der Waals surface area contributed by atoms with Gasteiger partial charge in [0.2, 0.25) is 5.75 Å². The number of hydrogen-bond acceptors (Lipinski definition) is 5. The van der Waals surface area contributed by atoms with Gasteiger partial charge in [-0.2, -0.15) is 0 Å². The lowest BCUT2D eigenvalue weighted by atomic mass is 10.2. The molecule has 0 N–H and O–H groups in total. The highest BCUT2D eigenvalue weighted by Crippen LogP contribution is 2.28. The molecular weight excluding hydrogens is 353 g/mol. The van der Waals surface area contributed by atoms with Crippen LogP contribution in [-0.2, 0) is 4.79 Å². The minimum atomic E-state index is -0.950. The number of rotatable bonds is 5. The van der Waals surface area contributed by atoms with Crippen LogP contribution in [0.25, 0.3) is 0 Å². The van der Waals surface area contributed by atoms with Crippen molar-refractivity contribution in [3.8, 4) is 5.75 Å². The van der Waals surface area contributed by atoms with Gasteiger partial charge in [0.05, 0.1) is 4.92 Å². The van der Waals surface area contributed by atoms with Gasteiger partial charge in [0.1, 0.15) is 5.82 Å². The molecule has 0 bridgehead atoms. The molecule has 3 rings (SSSR count). The Morgan fingerprint density at radius 3 is 2.44 bits per heavy atom. The zero-order chi connectivity index (χ0) is 19.4. The second-order valence-electron chi connectivity index (χ2n) is 6.28. The standard InChI is InChI=1S/C19H20FN3O4/c1-14(27-18-13-15(20)7-8-17(18)23(25)26)19(24)22-11-9-21(10-12-22)16-5-3-2-4-6-16/h2-8,13-14H,9-12H2,1H3. The van der Waals surface area contributed by atoms with Crippen molar-refractivity contribution in [1.82, 2.24) is 4.90 Å². The number of halogens is 1. The normalized spacial score (nSPS) is 15.3. The van der Waals surface area contributed by atoms with E-state index in [2.05, 4.69) is 4.90 Å². The van der Waals surface area contributed by atoms with E-state index in [0.29, 0.717) is 26.2 Å². The third kappa shape index (κ3) is 4.33. The van der Waals surface area contributed by atoms with Crippen molar-refractivity contribution in [2.45, 2.75) is 13.0 Å². The van der Waals surface area contributed by atoms with Gasteiger partial charge in [-0.1, -0.05) is 18.2 Å². The molecule has 1 saturated heterocycles. The average Bonchev–Trinajstić information content (AvgIpc) is 2.68. The third-order valence-electron chi connectivity index (χ3n) is 4.48. The first kappa shape index (κ1) is 18.6. The van der Waals surface area contributed by atoms with Crippen molar-refractivity contribution >= 4 is 17.3 Å². The fraction of sp³-hybridized carbons (Fsp3) is 0.316. The number of para-hydroxylation sites is 1. The van der Waals surface area contributed by atoms with E-state index in [1.807, 2.05) is 30.3 Å². The van der Waals surface area contributed by atoms with Crippen LogP contribution in [0.2, 0.25) is 0 Å². The van der Waals surface area contributed by atoms with Crippen molar-refractivity contribution in [1.29, 1.82) is 0 Å². The third-order valence-corrected chi connectivity index (χ3v) is 4.48. The van der Waals surface area contributed by atoms with Crippen LogP contribution in [0.1, 0.15) is 6.92 Å². The van der Waals surface area contributed by atoms with Crippen LogP contribution in [-0.4, -0.2) is 48.0 Å². The Bertz CT molecular complexity index is 823. The van der Waals surface area contributed by atoms with E-state index in [0.717, 1.165) is 23.9 Å². The van der Waals surface area contributed by atoms with E-state index >= 15 is 0 Å². The smallest absolute Gasteiger partial charge is 0.311 e. The summed E-state index contributed by atoms with van der Waals surface area (Å²) in [6.45, 7) is 3.92. The highest BCUT2D eigenvalue weighted by Gasteiger charge is 2.28. The number of carbonyl (C=O) groups is 1. The quantitative estimate of drug-likeness (QED) is 0.595. The Hall–Kier alpha value is -3.16. The van der Waals surface area contributed by atoms with Crippen LogP contribution in [0.3, 0.4) is 0 Å².